The van der Waals surface area contributed by atoms with E-state index in [1.165, 1.54) is 0 Å². The van der Waals surface area contributed by atoms with Gasteiger partial charge in [-0.25, -0.2) is 4.79 Å². The van der Waals surface area contributed by atoms with Crippen LogP contribution in [0.5, 0.6) is 0 Å². The highest BCUT2D eigenvalue weighted by atomic mass is 16.4. The molecule has 1 aromatic rings. The second-order valence-corrected chi connectivity index (χ2v) is 4.52. The molecule has 1 unspecified atom stereocenters. The van der Waals surface area contributed by atoms with E-state index in [2.05, 4.69) is 20.8 Å². The zero-order chi connectivity index (χ0) is 14.3. The van der Waals surface area contributed by atoms with E-state index < -0.39 is 5.97 Å². The summed E-state index contributed by atoms with van der Waals surface area (Å²) in [5.74, 6) is -0.928. The fourth-order valence-corrected chi connectivity index (χ4v) is 1.70. The van der Waals surface area contributed by atoms with Crippen molar-refractivity contribution in [2.45, 2.75) is 39.2 Å². The molecule has 0 aliphatic carbocycles. The Morgan fingerprint density at radius 1 is 1.53 bits per heavy atom. The number of H-pyrrole nitrogens is 1. The summed E-state index contributed by atoms with van der Waals surface area (Å²) in [7, 11) is 0. The van der Waals surface area contributed by atoms with Crippen LogP contribution in [-0.2, 0) is 11.2 Å². The SMILES string of the molecule is Cc1[nH]ncc1CCCNC(=O)NC(C)CC(=O)O. The number of rotatable bonds is 7. The van der Waals surface area contributed by atoms with Gasteiger partial charge in [0.05, 0.1) is 12.6 Å². The molecule has 106 valence electrons. The Morgan fingerprint density at radius 2 is 2.26 bits per heavy atom. The number of carboxylic acids is 1. The van der Waals surface area contributed by atoms with Crippen LogP contribution in [0.4, 0.5) is 4.79 Å². The van der Waals surface area contributed by atoms with Crippen molar-refractivity contribution in [2.75, 3.05) is 6.54 Å². The van der Waals surface area contributed by atoms with Crippen LogP contribution in [0.25, 0.3) is 0 Å². The van der Waals surface area contributed by atoms with Crippen molar-refractivity contribution in [3.63, 3.8) is 0 Å². The first-order valence-electron chi connectivity index (χ1n) is 6.24. The van der Waals surface area contributed by atoms with Crippen LogP contribution in [0.15, 0.2) is 6.20 Å². The van der Waals surface area contributed by atoms with E-state index in [9.17, 15) is 9.59 Å². The fraction of sp³-hybridized carbons (Fsp3) is 0.583. The van der Waals surface area contributed by atoms with Crippen LogP contribution in [0.1, 0.15) is 31.0 Å². The summed E-state index contributed by atoms with van der Waals surface area (Å²) >= 11 is 0. The molecule has 4 N–H and O–H groups in total. The van der Waals surface area contributed by atoms with E-state index in [-0.39, 0.29) is 18.5 Å². The molecule has 2 amide bonds. The number of hydrogen-bond donors (Lipinski definition) is 4. The molecule has 0 aromatic carbocycles. The first-order valence-corrected chi connectivity index (χ1v) is 6.24. The predicted octanol–water partition coefficient (Wildman–Crippen LogP) is 0.813. The van der Waals surface area contributed by atoms with Gasteiger partial charge < -0.3 is 15.7 Å². The fourth-order valence-electron chi connectivity index (χ4n) is 1.70. The van der Waals surface area contributed by atoms with Gasteiger partial charge in [-0.2, -0.15) is 5.10 Å². The summed E-state index contributed by atoms with van der Waals surface area (Å²) in [4.78, 5) is 21.9. The van der Waals surface area contributed by atoms with Gasteiger partial charge in [0.15, 0.2) is 0 Å². The molecular formula is C12H20N4O3. The maximum absolute atomic E-state index is 11.4. The van der Waals surface area contributed by atoms with Crippen LogP contribution >= 0.6 is 0 Å². The third kappa shape index (κ3) is 5.89. The topological polar surface area (TPSA) is 107 Å². The normalized spacial score (nSPS) is 11.9. The molecule has 1 heterocycles. The van der Waals surface area contributed by atoms with Crippen LogP contribution < -0.4 is 10.6 Å². The van der Waals surface area contributed by atoms with Gasteiger partial charge in [-0.15, -0.1) is 0 Å². The standard InChI is InChI=1S/C12H20N4O3/c1-8(6-11(17)18)15-12(19)13-5-3-4-10-7-14-16-9(10)2/h7-8H,3-6H2,1-2H3,(H,14,16)(H,17,18)(H2,13,15,19). The lowest BCUT2D eigenvalue weighted by molar-refractivity contribution is -0.137. The Kier molecular flexibility index (Phi) is 5.84. The molecule has 1 aromatic heterocycles. The van der Waals surface area contributed by atoms with Gasteiger partial charge in [-0.1, -0.05) is 0 Å². The third-order valence-electron chi connectivity index (χ3n) is 2.70. The molecule has 0 fully saturated rings. The van der Waals surface area contributed by atoms with Crippen molar-refractivity contribution >= 4 is 12.0 Å². The van der Waals surface area contributed by atoms with Crippen molar-refractivity contribution in [2.24, 2.45) is 0 Å². The largest absolute Gasteiger partial charge is 0.481 e. The molecule has 7 heteroatoms. The number of amides is 2. The Morgan fingerprint density at radius 3 is 2.84 bits per heavy atom. The van der Waals surface area contributed by atoms with Crippen LogP contribution in [0, 0.1) is 6.92 Å². The predicted molar refractivity (Wildman–Crippen MR) is 69.9 cm³/mol. The number of aromatic nitrogens is 2. The Bertz CT molecular complexity index is 430. The van der Waals surface area contributed by atoms with Crippen molar-refractivity contribution < 1.29 is 14.7 Å². The van der Waals surface area contributed by atoms with Crippen molar-refractivity contribution in [1.82, 2.24) is 20.8 Å². The number of carbonyl (C=O) groups excluding carboxylic acids is 1. The monoisotopic (exact) mass is 268 g/mol. The van der Waals surface area contributed by atoms with Gasteiger partial charge in [0.1, 0.15) is 0 Å². The molecule has 0 radical (unpaired) electrons. The van der Waals surface area contributed by atoms with E-state index in [0.29, 0.717) is 6.54 Å². The highest BCUT2D eigenvalue weighted by Gasteiger charge is 2.10. The summed E-state index contributed by atoms with van der Waals surface area (Å²) in [5, 5.41) is 20.6. The van der Waals surface area contributed by atoms with Gasteiger partial charge in [0, 0.05) is 18.3 Å². The number of nitrogens with one attached hydrogen (secondary N) is 3. The summed E-state index contributed by atoms with van der Waals surface area (Å²) < 4.78 is 0. The van der Waals surface area contributed by atoms with Crippen LogP contribution in [-0.4, -0.2) is 39.9 Å². The van der Waals surface area contributed by atoms with E-state index >= 15 is 0 Å². The number of aryl methyl sites for hydroxylation is 2. The van der Waals surface area contributed by atoms with Gasteiger partial charge in [0.2, 0.25) is 0 Å². The molecule has 0 saturated carbocycles. The molecule has 0 aliphatic heterocycles. The first-order chi connectivity index (χ1) is 8.99. The van der Waals surface area contributed by atoms with E-state index in [1.54, 1.807) is 13.1 Å². The molecule has 0 spiro atoms. The number of carboxylic acid groups (broad SMARTS) is 1. The number of nitrogens with zero attached hydrogens (tertiary/aromatic N) is 1. The van der Waals surface area contributed by atoms with Gasteiger partial charge in [0.25, 0.3) is 0 Å². The number of carbonyl (C=O) groups is 2. The second kappa shape index (κ2) is 7.40. The van der Waals surface area contributed by atoms with Gasteiger partial charge in [-0.05, 0) is 32.3 Å². The minimum atomic E-state index is -0.928. The van der Waals surface area contributed by atoms with E-state index in [4.69, 9.17) is 5.11 Å². The lowest BCUT2D eigenvalue weighted by Gasteiger charge is -2.12. The second-order valence-electron chi connectivity index (χ2n) is 4.52. The highest BCUT2D eigenvalue weighted by molar-refractivity contribution is 5.75. The van der Waals surface area contributed by atoms with Gasteiger partial charge >= 0.3 is 12.0 Å². The molecule has 0 bridgehead atoms. The highest BCUT2D eigenvalue weighted by Crippen LogP contribution is 2.04. The third-order valence-corrected chi connectivity index (χ3v) is 2.70. The quantitative estimate of drug-likeness (QED) is 0.549. The zero-order valence-electron chi connectivity index (χ0n) is 11.2. The summed E-state index contributed by atoms with van der Waals surface area (Å²) in [6, 6.07) is -0.716. The molecule has 0 aliphatic rings. The molecule has 0 saturated heterocycles. The lowest BCUT2D eigenvalue weighted by atomic mass is 10.1. The van der Waals surface area contributed by atoms with E-state index in [0.717, 1.165) is 24.1 Å². The number of aliphatic carboxylic acids is 1. The minimum Gasteiger partial charge on any atom is -0.481 e. The molecule has 7 nitrogen and oxygen atoms in total. The zero-order valence-corrected chi connectivity index (χ0v) is 11.2. The molecule has 19 heavy (non-hydrogen) atoms. The summed E-state index contributed by atoms with van der Waals surface area (Å²) in [6.45, 7) is 4.15. The molecular weight excluding hydrogens is 248 g/mol. The molecule has 1 rings (SSSR count). The number of aromatic amines is 1. The first kappa shape index (κ1) is 15.0. The lowest BCUT2D eigenvalue weighted by Crippen LogP contribution is -2.42. The molecule has 1 atom stereocenters. The van der Waals surface area contributed by atoms with Crippen molar-refractivity contribution in [1.29, 1.82) is 0 Å². The maximum Gasteiger partial charge on any atom is 0.315 e. The average molecular weight is 268 g/mol. The summed E-state index contributed by atoms with van der Waals surface area (Å²) in [5.41, 5.74) is 2.18. The van der Waals surface area contributed by atoms with Gasteiger partial charge in [-0.3, -0.25) is 9.89 Å². The van der Waals surface area contributed by atoms with E-state index in [1.807, 2.05) is 6.92 Å². The van der Waals surface area contributed by atoms with Crippen LogP contribution in [0.3, 0.4) is 0 Å². The number of urea groups is 1. The Hall–Kier alpha value is -2.05. The van der Waals surface area contributed by atoms with Crippen LogP contribution in [0.2, 0.25) is 0 Å². The number of hydrogen-bond acceptors (Lipinski definition) is 3. The summed E-state index contributed by atoms with van der Waals surface area (Å²) in [6.07, 6.45) is 3.35. The average Bonchev–Trinajstić information content (AvgIpc) is 2.69. The smallest absolute Gasteiger partial charge is 0.315 e. The Balaban J connectivity index is 2.14. The Labute approximate surface area is 111 Å². The maximum atomic E-state index is 11.4. The minimum absolute atomic E-state index is 0.0817. The van der Waals surface area contributed by atoms with Crippen molar-refractivity contribution in [3.8, 4) is 0 Å². The van der Waals surface area contributed by atoms with Crippen molar-refractivity contribution in [3.05, 3.63) is 17.5 Å².